The molecule has 1 aliphatic carbocycles. The first-order valence-electron chi connectivity index (χ1n) is 10.7. The van der Waals surface area contributed by atoms with E-state index in [9.17, 15) is 4.79 Å². The van der Waals surface area contributed by atoms with Gasteiger partial charge >= 0.3 is 0 Å². The summed E-state index contributed by atoms with van der Waals surface area (Å²) in [6.07, 6.45) is 5.88. The van der Waals surface area contributed by atoms with Crippen LogP contribution in [-0.4, -0.2) is 49.3 Å². The smallest absolute Gasteiger partial charge is 0.298 e. The molecule has 2 aliphatic rings. The molecule has 1 aromatic heterocycles. The van der Waals surface area contributed by atoms with Crippen molar-refractivity contribution in [2.75, 3.05) is 31.2 Å². The van der Waals surface area contributed by atoms with Crippen molar-refractivity contribution in [1.82, 2.24) is 10.3 Å². The second-order valence-electron chi connectivity index (χ2n) is 8.33. The van der Waals surface area contributed by atoms with E-state index >= 15 is 0 Å². The number of nitrogens with zero attached hydrogens (tertiary/aromatic N) is 2. The SMILES string of the molecule is CC(=O)N[C@@H](C)COC1CCN(c2nc3ccc(OCCC4CC4)cc3o2)CC1. The molecule has 4 rings (SSSR count). The average molecular weight is 402 g/mol. The highest BCUT2D eigenvalue weighted by molar-refractivity contribution is 5.76. The molecule has 158 valence electrons. The van der Waals surface area contributed by atoms with Crippen LogP contribution in [0.3, 0.4) is 0 Å². The van der Waals surface area contributed by atoms with Crippen LogP contribution < -0.4 is 15.0 Å². The number of rotatable bonds is 9. The van der Waals surface area contributed by atoms with Crippen LogP contribution in [0.5, 0.6) is 5.75 Å². The van der Waals surface area contributed by atoms with Crippen LogP contribution in [0, 0.1) is 5.92 Å². The van der Waals surface area contributed by atoms with Crippen LogP contribution in [0.15, 0.2) is 22.6 Å². The number of carbonyl (C=O) groups is 1. The quantitative estimate of drug-likeness (QED) is 0.693. The minimum Gasteiger partial charge on any atom is -0.493 e. The minimum absolute atomic E-state index is 0.0247. The zero-order valence-electron chi connectivity index (χ0n) is 17.4. The number of ether oxygens (including phenoxy) is 2. The first-order valence-corrected chi connectivity index (χ1v) is 10.7. The molecule has 1 saturated carbocycles. The third-order valence-electron chi connectivity index (χ3n) is 5.58. The predicted octanol–water partition coefficient (Wildman–Crippen LogP) is 3.52. The second kappa shape index (κ2) is 9.03. The van der Waals surface area contributed by atoms with E-state index in [4.69, 9.17) is 13.9 Å². The summed E-state index contributed by atoms with van der Waals surface area (Å²) in [4.78, 5) is 17.9. The standard InChI is InChI=1S/C22H31N3O4/c1-15(23-16(2)26)14-28-18-7-10-25(11-8-18)22-24-20-6-5-19(13-21(20)29-22)27-12-9-17-3-4-17/h5-6,13,15,17-18H,3-4,7-12,14H2,1-2H3,(H,23,26)/t15-/m0/s1. The molecule has 2 heterocycles. The summed E-state index contributed by atoms with van der Waals surface area (Å²) in [5.74, 6) is 1.70. The number of anilines is 1. The number of oxazole rings is 1. The van der Waals surface area contributed by atoms with E-state index < -0.39 is 0 Å². The maximum absolute atomic E-state index is 11.1. The van der Waals surface area contributed by atoms with Crippen molar-refractivity contribution < 1.29 is 18.7 Å². The summed E-state index contributed by atoms with van der Waals surface area (Å²) >= 11 is 0. The third kappa shape index (κ3) is 5.63. The van der Waals surface area contributed by atoms with E-state index in [1.54, 1.807) is 0 Å². The molecular weight excluding hydrogens is 370 g/mol. The van der Waals surface area contributed by atoms with Crippen LogP contribution in [0.4, 0.5) is 6.01 Å². The fraction of sp³-hybridized carbons (Fsp3) is 0.636. The van der Waals surface area contributed by atoms with E-state index in [1.807, 2.05) is 25.1 Å². The molecular formula is C22H31N3O4. The summed E-state index contributed by atoms with van der Waals surface area (Å²) < 4.78 is 17.8. The number of amides is 1. The van der Waals surface area contributed by atoms with E-state index in [1.165, 1.54) is 19.8 Å². The van der Waals surface area contributed by atoms with Crippen molar-refractivity contribution in [3.05, 3.63) is 18.2 Å². The van der Waals surface area contributed by atoms with Gasteiger partial charge in [-0.3, -0.25) is 4.79 Å². The van der Waals surface area contributed by atoms with Crippen molar-refractivity contribution in [2.24, 2.45) is 5.92 Å². The van der Waals surface area contributed by atoms with Crippen molar-refractivity contribution in [3.63, 3.8) is 0 Å². The fourth-order valence-corrected chi connectivity index (χ4v) is 3.75. The highest BCUT2D eigenvalue weighted by Crippen LogP contribution is 2.33. The van der Waals surface area contributed by atoms with Gasteiger partial charge in [0.05, 0.1) is 19.3 Å². The maximum atomic E-state index is 11.1. The molecule has 2 fully saturated rings. The molecule has 1 amide bonds. The largest absolute Gasteiger partial charge is 0.493 e. The van der Waals surface area contributed by atoms with Gasteiger partial charge in [0.15, 0.2) is 5.58 Å². The molecule has 0 spiro atoms. The monoisotopic (exact) mass is 401 g/mol. The molecule has 1 aromatic carbocycles. The molecule has 1 aliphatic heterocycles. The highest BCUT2D eigenvalue weighted by Gasteiger charge is 2.24. The van der Waals surface area contributed by atoms with Crippen LogP contribution in [-0.2, 0) is 9.53 Å². The highest BCUT2D eigenvalue weighted by atomic mass is 16.5. The van der Waals surface area contributed by atoms with E-state index in [0.717, 1.165) is 61.7 Å². The molecule has 7 heteroatoms. The van der Waals surface area contributed by atoms with Crippen LogP contribution >= 0.6 is 0 Å². The molecule has 0 unspecified atom stereocenters. The molecule has 1 atom stereocenters. The van der Waals surface area contributed by atoms with Crippen molar-refractivity contribution >= 4 is 23.0 Å². The number of piperidine rings is 1. The topological polar surface area (TPSA) is 76.8 Å². The lowest BCUT2D eigenvalue weighted by atomic mass is 10.1. The lowest BCUT2D eigenvalue weighted by Gasteiger charge is -2.31. The molecule has 29 heavy (non-hydrogen) atoms. The maximum Gasteiger partial charge on any atom is 0.298 e. The molecule has 2 aromatic rings. The first kappa shape index (κ1) is 20.0. The number of nitrogens with one attached hydrogen (secondary N) is 1. The summed E-state index contributed by atoms with van der Waals surface area (Å²) in [5.41, 5.74) is 1.63. The summed E-state index contributed by atoms with van der Waals surface area (Å²) in [7, 11) is 0. The Morgan fingerprint density at radius 3 is 2.83 bits per heavy atom. The molecule has 0 bridgehead atoms. The number of aromatic nitrogens is 1. The van der Waals surface area contributed by atoms with Gasteiger partial charge in [0.1, 0.15) is 11.3 Å². The summed E-state index contributed by atoms with van der Waals surface area (Å²) in [6.45, 7) is 6.48. The van der Waals surface area contributed by atoms with Crippen molar-refractivity contribution in [1.29, 1.82) is 0 Å². The Morgan fingerprint density at radius 1 is 1.31 bits per heavy atom. The third-order valence-corrected chi connectivity index (χ3v) is 5.58. The Morgan fingerprint density at radius 2 is 2.10 bits per heavy atom. The van der Waals surface area contributed by atoms with Crippen LogP contribution in [0.1, 0.15) is 46.0 Å². The van der Waals surface area contributed by atoms with E-state index in [0.29, 0.717) is 12.6 Å². The average Bonchev–Trinajstić information content (AvgIpc) is 3.42. The fourth-order valence-electron chi connectivity index (χ4n) is 3.75. The lowest BCUT2D eigenvalue weighted by Crippen LogP contribution is -2.40. The number of fused-ring (bicyclic) bond motifs is 1. The summed E-state index contributed by atoms with van der Waals surface area (Å²) in [6, 6.07) is 6.58. The van der Waals surface area contributed by atoms with Gasteiger partial charge in [0, 0.05) is 32.1 Å². The number of hydrogen-bond donors (Lipinski definition) is 1. The Balaban J connectivity index is 1.27. The Kier molecular flexibility index (Phi) is 6.23. The van der Waals surface area contributed by atoms with Gasteiger partial charge in [-0.2, -0.15) is 4.98 Å². The van der Waals surface area contributed by atoms with Gasteiger partial charge in [0.25, 0.3) is 6.01 Å². The van der Waals surface area contributed by atoms with Gasteiger partial charge in [-0.05, 0) is 44.2 Å². The normalized spacial score (nSPS) is 18.8. The van der Waals surface area contributed by atoms with E-state index in [-0.39, 0.29) is 18.1 Å². The van der Waals surface area contributed by atoms with Crippen molar-refractivity contribution in [3.8, 4) is 5.75 Å². The lowest BCUT2D eigenvalue weighted by molar-refractivity contribution is -0.120. The zero-order valence-corrected chi connectivity index (χ0v) is 17.4. The van der Waals surface area contributed by atoms with Crippen LogP contribution in [0.25, 0.3) is 11.1 Å². The molecule has 1 N–H and O–H groups in total. The molecule has 7 nitrogen and oxygen atoms in total. The number of carbonyl (C=O) groups excluding carboxylic acids is 1. The molecule has 1 saturated heterocycles. The Hall–Kier alpha value is -2.28. The van der Waals surface area contributed by atoms with Gasteiger partial charge < -0.3 is 24.1 Å². The summed E-state index contributed by atoms with van der Waals surface area (Å²) in [5, 5.41) is 2.85. The molecule has 0 radical (unpaired) electrons. The van der Waals surface area contributed by atoms with Gasteiger partial charge in [-0.1, -0.05) is 12.8 Å². The van der Waals surface area contributed by atoms with Crippen molar-refractivity contribution in [2.45, 2.75) is 58.1 Å². The Bertz CT molecular complexity index is 825. The predicted molar refractivity (Wildman–Crippen MR) is 111 cm³/mol. The van der Waals surface area contributed by atoms with Gasteiger partial charge in [-0.15, -0.1) is 0 Å². The number of hydrogen-bond acceptors (Lipinski definition) is 6. The van der Waals surface area contributed by atoms with Gasteiger partial charge in [0.2, 0.25) is 5.91 Å². The zero-order chi connectivity index (χ0) is 20.2. The first-order chi connectivity index (χ1) is 14.1. The number of benzene rings is 1. The van der Waals surface area contributed by atoms with E-state index in [2.05, 4.69) is 15.2 Å². The Labute approximate surface area is 171 Å². The minimum atomic E-state index is -0.0247. The van der Waals surface area contributed by atoms with Gasteiger partial charge in [-0.25, -0.2) is 0 Å². The van der Waals surface area contributed by atoms with Crippen LogP contribution in [0.2, 0.25) is 0 Å². The second-order valence-corrected chi connectivity index (χ2v) is 8.33.